The molecular weight excluding hydrogens is 659 g/mol. The van der Waals surface area contributed by atoms with E-state index in [-0.39, 0.29) is 0 Å². The largest absolute Gasteiger partial charge is 0.331 e. The van der Waals surface area contributed by atoms with Gasteiger partial charge in [-0.2, -0.15) is 0 Å². The normalized spacial score (nSPS) is 19.5. The van der Waals surface area contributed by atoms with Crippen LogP contribution < -0.4 is 5.32 Å². The summed E-state index contributed by atoms with van der Waals surface area (Å²) in [6.07, 6.45) is 22.9. The molecule has 0 spiro atoms. The van der Waals surface area contributed by atoms with Gasteiger partial charge in [-0.1, -0.05) is 135 Å². The minimum absolute atomic E-state index is 0.462. The summed E-state index contributed by atoms with van der Waals surface area (Å²) in [6.45, 7) is 12.3. The average molecular weight is 706 g/mol. The number of hydrogen-bond acceptors (Lipinski definition) is 4. The number of benzene rings is 4. The highest BCUT2D eigenvalue weighted by atomic mass is 15.0. The molecule has 1 atom stereocenters. The molecule has 0 aliphatic heterocycles. The number of aliphatic imine (C=N–C) groups is 4. The number of rotatable bonds is 12. The van der Waals surface area contributed by atoms with Gasteiger partial charge in [0.1, 0.15) is 5.84 Å². The van der Waals surface area contributed by atoms with Crippen LogP contribution in [0.25, 0.3) is 27.8 Å². The van der Waals surface area contributed by atoms with E-state index in [4.69, 9.17) is 4.99 Å². The molecule has 4 aromatic rings. The molecular formula is C49H47N5. The Balaban J connectivity index is 1.31. The van der Waals surface area contributed by atoms with Crippen LogP contribution in [0, 0.1) is 0 Å². The van der Waals surface area contributed by atoms with E-state index in [1.165, 1.54) is 50.1 Å². The highest BCUT2D eigenvalue weighted by Gasteiger charge is 2.46. The third-order valence-corrected chi connectivity index (χ3v) is 9.89. The highest BCUT2D eigenvalue weighted by Crippen LogP contribution is 2.56. The van der Waals surface area contributed by atoms with E-state index in [9.17, 15) is 0 Å². The molecule has 5 nitrogen and oxygen atoms in total. The van der Waals surface area contributed by atoms with E-state index < -0.39 is 5.41 Å². The van der Waals surface area contributed by atoms with Crippen molar-refractivity contribution in [2.24, 2.45) is 20.0 Å². The molecule has 54 heavy (non-hydrogen) atoms. The lowest BCUT2D eigenvalue weighted by Crippen LogP contribution is -2.28. The van der Waals surface area contributed by atoms with Crippen LogP contribution in [0.15, 0.2) is 196 Å². The van der Waals surface area contributed by atoms with Crippen LogP contribution in [-0.4, -0.2) is 38.2 Å². The number of allylic oxidation sites excluding steroid dienone is 6. The maximum atomic E-state index is 4.84. The number of hydrogen-bond donors (Lipinski definition) is 1. The summed E-state index contributed by atoms with van der Waals surface area (Å²) in [5, 5.41) is 3.16. The first-order chi connectivity index (χ1) is 26.5. The molecule has 1 N–H and O–H groups in total. The molecule has 4 aromatic carbocycles. The van der Waals surface area contributed by atoms with Gasteiger partial charge in [0.15, 0.2) is 0 Å². The SMILES string of the molecule is C=CC=N/C=C(\C)C1(c2ccccc2)c2ccccc2-c2cc(-c3cccc(/C4=C/C/C=C(/CN=C(NC=NC)/C(C=C)=C/N=CC)C=CC4)c3)ccc21. The molecule has 268 valence electrons. The first kappa shape index (κ1) is 37.3. The van der Waals surface area contributed by atoms with Gasteiger partial charge in [0.2, 0.25) is 0 Å². The summed E-state index contributed by atoms with van der Waals surface area (Å²) in [6, 6.07) is 35.5. The van der Waals surface area contributed by atoms with Gasteiger partial charge >= 0.3 is 0 Å². The molecule has 0 bridgehead atoms. The molecule has 0 saturated carbocycles. The van der Waals surface area contributed by atoms with Gasteiger partial charge in [0.25, 0.3) is 0 Å². The Morgan fingerprint density at radius 2 is 1.59 bits per heavy atom. The zero-order chi connectivity index (χ0) is 37.8. The minimum atomic E-state index is -0.462. The third kappa shape index (κ3) is 7.81. The fraction of sp³-hybridized carbons (Fsp3) is 0.143. The van der Waals surface area contributed by atoms with E-state index in [1.807, 2.05) is 13.1 Å². The van der Waals surface area contributed by atoms with Gasteiger partial charge in [0, 0.05) is 37.4 Å². The molecule has 0 aromatic heterocycles. The summed E-state index contributed by atoms with van der Waals surface area (Å²) < 4.78 is 0. The smallest absolute Gasteiger partial charge is 0.135 e. The Morgan fingerprint density at radius 3 is 2.39 bits per heavy atom. The quantitative estimate of drug-likeness (QED) is 0.0890. The third-order valence-electron chi connectivity index (χ3n) is 9.89. The Hall–Kier alpha value is -6.46. The number of fused-ring (bicyclic) bond motifs is 3. The Bertz CT molecular complexity index is 2290. The number of nitrogens with zero attached hydrogens (tertiary/aromatic N) is 4. The second kappa shape index (κ2) is 17.8. The molecule has 0 heterocycles. The van der Waals surface area contributed by atoms with E-state index >= 15 is 0 Å². The van der Waals surface area contributed by atoms with Gasteiger partial charge < -0.3 is 5.32 Å². The van der Waals surface area contributed by atoms with Crippen LogP contribution in [-0.2, 0) is 5.41 Å². The lowest BCUT2D eigenvalue weighted by Gasteiger charge is -2.34. The monoisotopic (exact) mass is 705 g/mol. The zero-order valence-corrected chi connectivity index (χ0v) is 31.4. The van der Waals surface area contributed by atoms with Crippen molar-refractivity contribution >= 4 is 30.2 Å². The highest BCUT2D eigenvalue weighted by molar-refractivity contribution is 6.06. The molecule has 5 heteroatoms. The topological polar surface area (TPSA) is 61.5 Å². The molecule has 0 saturated heterocycles. The summed E-state index contributed by atoms with van der Waals surface area (Å²) in [4.78, 5) is 17.7. The second-order valence-electron chi connectivity index (χ2n) is 13.1. The number of nitrogens with one attached hydrogen (secondary N) is 1. The summed E-state index contributed by atoms with van der Waals surface area (Å²) >= 11 is 0. The predicted molar refractivity (Wildman–Crippen MR) is 233 cm³/mol. The molecule has 0 radical (unpaired) electrons. The Labute approximate surface area is 320 Å². The van der Waals surface area contributed by atoms with Crippen molar-refractivity contribution in [2.45, 2.75) is 32.1 Å². The van der Waals surface area contributed by atoms with E-state index in [2.05, 4.69) is 162 Å². The van der Waals surface area contributed by atoms with Crippen LogP contribution in [0.2, 0.25) is 0 Å². The lowest BCUT2D eigenvalue weighted by molar-refractivity contribution is 0.743. The summed E-state index contributed by atoms with van der Waals surface area (Å²) in [5.74, 6) is 0.677. The van der Waals surface area contributed by atoms with Crippen molar-refractivity contribution in [3.05, 3.63) is 198 Å². The Morgan fingerprint density at radius 1 is 0.815 bits per heavy atom. The molecule has 2 aliphatic rings. The first-order valence-corrected chi connectivity index (χ1v) is 18.3. The van der Waals surface area contributed by atoms with Gasteiger partial charge in [-0.3, -0.25) is 20.0 Å². The first-order valence-electron chi connectivity index (χ1n) is 18.3. The van der Waals surface area contributed by atoms with Crippen LogP contribution in [0.4, 0.5) is 0 Å². The fourth-order valence-corrected chi connectivity index (χ4v) is 7.40. The van der Waals surface area contributed by atoms with E-state index in [0.29, 0.717) is 12.4 Å². The van der Waals surface area contributed by atoms with E-state index in [1.54, 1.807) is 44.2 Å². The van der Waals surface area contributed by atoms with Gasteiger partial charge in [-0.25, -0.2) is 0 Å². The summed E-state index contributed by atoms with van der Waals surface area (Å²) in [5.41, 5.74) is 13.8. The Kier molecular flexibility index (Phi) is 12.3. The van der Waals surface area contributed by atoms with Gasteiger partial charge in [-0.05, 0) is 100 Å². The van der Waals surface area contributed by atoms with E-state index in [0.717, 1.165) is 29.6 Å². The van der Waals surface area contributed by atoms with Crippen molar-refractivity contribution in [1.82, 2.24) is 5.32 Å². The molecule has 6 rings (SSSR count). The van der Waals surface area contributed by atoms with Gasteiger partial charge in [0.05, 0.1) is 18.3 Å². The molecule has 0 amide bonds. The van der Waals surface area contributed by atoms with Crippen molar-refractivity contribution in [1.29, 1.82) is 0 Å². The van der Waals surface area contributed by atoms with Crippen LogP contribution >= 0.6 is 0 Å². The molecule has 0 fully saturated rings. The zero-order valence-electron chi connectivity index (χ0n) is 31.4. The van der Waals surface area contributed by atoms with Crippen LogP contribution in [0.1, 0.15) is 48.9 Å². The van der Waals surface area contributed by atoms with Crippen molar-refractivity contribution in [2.75, 3.05) is 13.6 Å². The predicted octanol–water partition coefficient (Wildman–Crippen LogP) is 11.3. The van der Waals surface area contributed by atoms with Crippen molar-refractivity contribution in [3.8, 4) is 22.3 Å². The van der Waals surface area contributed by atoms with Crippen molar-refractivity contribution in [3.63, 3.8) is 0 Å². The summed E-state index contributed by atoms with van der Waals surface area (Å²) in [7, 11) is 1.72. The average Bonchev–Trinajstić information content (AvgIpc) is 3.50. The second-order valence-corrected chi connectivity index (χ2v) is 13.1. The van der Waals surface area contributed by atoms with Crippen LogP contribution in [0.5, 0.6) is 0 Å². The standard InChI is InChI=1S/C49H47N5/c1-6-29-52-32-36(4)49(43-23-10-9-11-24-43)46-26-13-12-25-44(46)45-31-42(27-28-47(45)49)41-22-16-21-40(30-41)39-19-14-17-37(18-15-20-39)33-53-48(54-35-50-5)38(7-2)34-51-8-3/h6-14,16-18,20-32,34-35H,1-2,15,19,33H2,3-5H3,(H,50,53,54)/b17-14?,36-32+,37-18+,38-34+,39-20+,51-8?,52-29?. The van der Waals surface area contributed by atoms with Crippen LogP contribution in [0.3, 0.4) is 0 Å². The lowest BCUT2D eigenvalue weighted by atomic mass is 9.68. The maximum absolute atomic E-state index is 4.84. The molecule has 1 unspecified atom stereocenters. The van der Waals surface area contributed by atoms with Crippen molar-refractivity contribution < 1.29 is 0 Å². The fourth-order valence-electron chi connectivity index (χ4n) is 7.40. The maximum Gasteiger partial charge on any atom is 0.135 e. The minimum Gasteiger partial charge on any atom is -0.331 e. The molecule has 2 aliphatic carbocycles. The number of amidine groups is 1. The van der Waals surface area contributed by atoms with Gasteiger partial charge in [-0.15, -0.1) is 0 Å².